The maximum atomic E-state index is 14.2. The van der Waals surface area contributed by atoms with Gasteiger partial charge in [-0.1, -0.05) is 62.6 Å². The van der Waals surface area contributed by atoms with E-state index in [4.69, 9.17) is 10.5 Å². The van der Waals surface area contributed by atoms with E-state index in [1.165, 1.54) is 42.4 Å². The van der Waals surface area contributed by atoms with Crippen molar-refractivity contribution < 1.29 is 27.9 Å². The van der Waals surface area contributed by atoms with Crippen LogP contribution in [0.3, 0.4) is 0 Å². The molecule has 1 fully saturated rings. The Morgan fingerprint density at radius 2 is 1.75 bits per heavy atom. The number of hydrogen-bond donors (Lipinski definition) is 2. The van der Waals surface area contributed by atoms with Gasteiger partial charge in [-0.3, -0.25) is 9.69 Å². The van der Waals surface area contributed by atoms with Gasteiger partial charge < -0.3 is 15.6 Å². The molecule has 1 atom stereocenters. The van der Waals surface area contributed by atoms with Crippen LogP contribution in [-0.2, 0) is 36.1 Å². The van der Waals surface area contributed by atoms with Crippen molar-refractivity contribution in [2.45, 2.75) is 93.6 Å². The van der Waals surface area contributed by atoms with Crippen LogP contribution in [0.5, 0.6) is 0 Å². The third-order valence-electron chi connectivity index (χ3n) is 8.10. The van der Waals surface area contributed by atoms with E-state index in [-0.39, 0.29) is 28.4 Å². The third-order valence-corrected chi connectivity index (χ3v) is 10.2. The molecule has 2 heterocycles. The Balaban J connectivity index is 1.78. The van der Waals surface area contributed by atoms with Crippen LogP contribution in [0.4, 0.5) is 10.6 Å². The number of ether oxygens (including phenoxy) is 1. The minimum atomic E-state index is -4.36. The molecular formula is C33H42N4O6S. The largest absolute Gasteiger partial charge is 0.480 e. The van der Waals surface area contributed by atoms with Gasteiger partial charge in [0.15, 0.2) is 9.90 Å². The standard InChI is InChI=1S/C33H42N4O6S/c1-5-6-18-32(19-10-20-32)25-16-14-24(15-17-25)22-33(34,44(41,42)28-13-7-8-21-35-28)26-11-9-12-27(36-26)37(23-29(38)39)30(40)43-31(2,3)4/h7-9,11-17,21H,5-6,10,18-20,22-23,34H2,1-4H3,(H,38,39). The van der Waals surface area contributed by atoms with Crippen molar-refractivity contribution in [2.75, 3.05) is 11.4 Å². The Morgan fingerprint density at radius 3 is 2.30 bits per heavy atom. The van der Waals surface area contributed by atoms with Gasteiger partial charge in [-0.15, -0.1) is 0 Å². The van der Waals surface area contributed by atoms with Gasteiger partial charge in [-0.2, -0.15) is 0 Å². The summed E-state index contributed by atoms with van der Waals surface area (Å²) in [7, 11) is -4.36. The molecule has 0 bridgehead atoms. The molecule has 1 amide bonds. The molecule has 1 unspecified atom stereocenters. The lowest BCUT2D eigenvalue weighted by atomic mass is 9.62. The molecule has 1 aliphatic carbocycles. The number of carboxylic acid groups (broad SMARTS) is 1. The summed E-state index contributed by atoms with van der Waals surface area (Å²) in [6.45, 7) is 6.40. The van der Waals surface area contributed by atoms with Crippen molar-refractivity contribution in [1.82, 2.24) is 9.97 Å². The van der Waals surface area contributed by atoms with Crippen LogP contribution < -0.4 is 10.6 Å². The molecule has 3 aromatic rings. The number of aliphatic carboxylic acids is 1. The number of unbranched alkanes of at least 4 members (excludes halogenated alkanes) is 1. The number of pyridine rings is 2. The van der Waals surface area contributed by atoms with Gasteiger partial charge in [-0.05, 0) is 80.8 Å². The zero-order chi connectivity index (χ0) is 32.2. The summed E-state index contributed by atoms with van der Waals surface area (Å²) in [5.41, 5.74) is 8.01. The minimum absolute atomic E-state index is 0.0675. The fourth-order valence-electron chi connectivity index (χ4n) is 5.60. The minimum Gasteiger partial charge on any atom is -0.480 e. The van der Waals surface area contributed by atoms with Crippen molar-refractivity contribution in [3.05, 3.63) is 83.7 Å². The molecule has 2 aromatic heterocycles. The predicted molar refractivity (Wildman–Crippen MR) is 168 cm³/mol. The zero-order valence-electron chi connectivity index (χ0n) is 25.8. The number of anilines is 1. The number of amides is 1. The van der Waals surface area contributed by atoms with E-state index in [0.29, 0.717) is 5.56 Å². The van der Waals surface area contributed by atoms with E-state index < -0.39 is 38.9 Å². The number of carbonyl (C=O) groups is 2. The van der Waals surface area contributed by atoms with Crippen molar-refractivity contribution in [3.8, 4) is 0 Å². The van der Waals surface area contributed by atoms with E-state index in [1.807, 2.05) is 12.1 Å². The Morgan fingerprint density at radius 1 is 1.05 bits per heavy atom. The summed E-state index contributed by atoms with van der Waals surface area (Å²) in [5.74, 6) is -1.41. The number of hydrogen-bond acceptors (Lipinski definition) is 8. The summed E-state index contributed by atoms with van der Waals surface area (Å²) in [4.78, 5) is 32.0. The monoisotopic (exact) mass is 622 g/mol. The highest BCUT2D eigenvalue weighted by Crippen LogP contribution is 2.47. The van der Waals surface area contributed by atoms with E-state index in [2.05, 4.69) is 29.0 Å². The molecule has 1 aromatic carbocycles. The number of aromatic nitrogens is 2. The molecule has 4 rings (SSSR count). The molecule has 11 heteroatoms. The number of sulfone groups is 1. The van der Waals surface area contributed by atoms with Gasteiger partial charge in [0.2, 0.25) is 9.84 Å². The molecule has 0 radical (unpaired) electrons. The highest BCUT2D eigenvalue weighted by atomic mass is 32.2. The van der Waals surface area contributed by atoms with Gasteiger partial charge in [0.1, 0.15) is 18.0 Å². The predicted octanol–water partition coefficient (Wildman–Crippen LogP) is 5.74. The maximum absolute atomic E-state index is 14.2. The molecule has 1 aliphatic rings. The van der Waals surface area contributed by atoms with Crippen molar-refractivity contribution in [1.29, 1.82) is 0 Å². The quantitative estimate of drug-likeness (QED) is 0.257. The van der Waals surface area contributed by atoms with Gasteiger partial charge in [0.05, 0.1) is 5.69 Å². The molecule has 10 nitrogen and oxygen atoms in total. The van der Waals surface area contributed by atoms with Crippen molar-refractivity contribution in [2.24, 2.45) is 5.73 Å². The highest BCUT2D eigenvalue weighted by Gasteiger charge is 2.46. The average Bonchev–Trinajstić information content (AvgIpc) is 2.95. The molecule has 1 saturated carbocycles. The van der Waals surface area contributed by atoms with Crippen LogP contribution in [-0.4, -0.2) is 47.7 Å². The lowest BCUT2D eigenvalue weighted by Gasteiger charge is -2.43. The van der Waals surface area contributed by atoms with Crippen LogP contribution in [0, 0.1) is 0 Å². The highest BCUT2D eigenvalue weighted by molar-refractivity contribution is 7.92. The number of nitrogens with two attached hydrogens (primary N) is 1. The second kappa shape index (κ2) is 13.0. The number of rotatable bonds is 12. The molecule has 44 heavy (non-hydrogen) atoms. The Kier molecular flexibility index (Phi) is 9.80. The van der Waals surface area contributed by atoms with E-state index in [0.717, 1.165) is 37.0 Å². The third kappa shape index (κ3) is 7.10. The number of carboxylic acids is 1. The van der Waals surface area contributed by atoms with E-state index >= 15 is 0 Å². The zero-order valence-corrected chi connectivity index (χ0v) is 26.6. The van der Waals surface area contributed by atoms with Crippen molar-refractivity contribution in [3.63, 3.8) is 0 Å². The fraction of sp³-hybridized carbons (Fsp3) is 0.455. The molecule has 0 spiro atoms. The lowest BCUT2D eigenvalue weighted by Crippen LogP contribution is -2.48. The Labute approximate surface area is 259 Å². The SMILES string of the molecule is CCCCC1(c2ccc(CC(N)(c3cccc(N(CC(=O)O)C(=O)OC(C)(C)C)n3)S(=O)(=O)c3ccccn3)cc2)CCC1. The lowest BCUT2D eigenvalue weighted by molar-refractivity contribution is -0.135. The smallest absolute Gasteiger partial charge is 0.416 e. The molecular weight excluding hydrogens is 580 g/mol. The molecule has 3 N–H and O–H groups in total. The van der Waals surface area contributed by atoms with Crippen LogP contribution in [0.1, 0.15) is 83.0 Å². The first-order valence-electron chi connectivity index (χ1n) is 14.9. The summed E-state index contributed by atoms with van der Waals surface area (Å²) in [6.07, 6.45) is 7.18. The molecule has 0 saturated heterocycles. The van der Waals surface area contributed by atoms with Crippen LogP contribution >= 0.6 is 0 Å². The second-order valence-electron chi connectivity index (χ2n) is 12.5. The van der Waals surface area contributed by atoms with E-state index in [1.54, 1.807) is 32.9 Å². The average molecular weight is 623 g/mol. The fourth-order valence-corrected chi connectivity index (χ4v) is 7.17. The number of carbonyl (C=O) groups excluding carboxylic acids is 1. The summed E-state index contributed by atoms with van der Waals surface area (Å²) < 4.78 is 33.8. The van der Waals surface area contributed by atoms with Gasteiger partial charge in [-0.25, -0.2) is 23.2 Å². The van der Waals surface area contributed by atoms with Crippen LogP contribution in [0.2, 0.25) is 0 Å². The summed E-state index contributed by atoms with van der Waals surface area (Å²) in [5, 5.41) is 9.31. The summed E-state index contributed by atoms with van der Waals surface area (Å²) in [6, 6.07) is 16.9. The first kappa shape index (κ1) is 33.1. The number of nitrogens with zero attached hydrogens (tertiary/aromatic N) is 3. The first-order chi connectivity index (χ1) is 20.7. The topological polar surface area (TPSA) is 153 Å². The maximum Gasteiger partial charge on any atom is 0.416 e. The molecule has 0 aliphatic heterocycles. The molecule has 236 valence electrons. The van der Waals surface area contributed by atoms with Gasteiger partial charge in [0, 0.05) is 12.6 Å². The van der Waals surface area contributed by atoms with Crippen LogP contribution in [0.25, 0.3) is 0 Å². The Bertz CT molecular complexity index is 1570. The van der Waals surface area contributed by atoms with Gasteiger partial charge >= 0.3 is 12.1 Å². The van der Waals surface area contributed by atoms with E-state index in [9.17, 15) is 23.1 Å². The Hall–Kier alpha value is -3.83. The van der Waals surface area contributed by atoms with Crippen LogP contribution in [0.15, 0.2) is 71.9 Å². The second-order valence-corrected chi connectivity index (χ2v) is 14.7. The van der Waals surface area contributed by atoms with Crippen molar-refractivity contribution >= 4 is 27.7 Å². The normalized spacial score (nSPS) is 15.9. The van der Waals surface area contributed by atoms with Gasteiger partial charge in [0.25, 0.3) is 0 Å². The summed E-state index contributed by atoms with van der Waals surface area (Å²) >= 11 is 0. The number of benzene rings is 1. The first-order valence-corrected chi connectivity index (χ1v) is 16.4.